The Morgan fingerprint density at radius 1 is 0.473 bits per heavy atom. The van der Waals surface area contributed by atoms with Crippen molar-refractivity contribution >= 4 is 17.9 Å². The van der Waals surface area contributed by atoms with Gasteiger partial charge in [0.05, 0.1) is 34.4 Å². The molecule has 1 N–H and O–H groups in total. The molecule has 326 valence electrons. The molecule has 2 atom stereocenters. The number of ether oxygens (including phenoxy) is 3. The largest absolute Gasteiger partial charge is 0.477 e. The molecule has 0 aliphatic carbocycles. The summed E-state index contributed by atoms with van der Waals surface area (Å²) < 4.78 is 17.3. The molecule has 0 aliphatic rings. The van der Waals surface area contributed by atoms with Gasteiger partial charge in [-0.2, -0.15) is 0 Å². The predicted molar refractivity (Wildman–Crippen MR) is 229 cm³/mol. The Bertz CT molecular complexity index is 874. The molecule has 0 saturated heterocycles. The Hall–Kier alpha value is -1.67. The Kier molecular flexibility index (Phi) is 38.0. The molecule has 0 saturated carbocycles. The maximum Gasteiger partial charge on any atom is 0.362 e. The average Bonchev–Trinajstić information content (AvgIpc) is 3.14. The molecular weight excluding hydrogens is 691 g/mol. The molecule has 0 aromatic heterocycles. The van der Waals surface area contributed by atoms with E-state index in [2.05, 4.69) is 13.8 Å². The monoisotopic (exact) mass is 783 g/mol. The number of carboxylic acids is 1. The molecule has 0 aliphatic heterocycles. The van der Waals surface area contributed by atoms with Crippen molar-refractivity contribution in [1.82, 2.24) is 0 Å². The van der Waals surface area contributed by atoms with Gasteiger partial charge in [-0.3, -0.25) is 9.59 Å². The summed E-state index contributed by atoms with van der Waals surface area (Å²) in [6, 6.07) is -0.608. The molecule has 0 amide bonds. The molecule has 8 nitrogen and oxygen atoms in total. The third-order valence-corrected chi connectivity index (χ3v) is 11.0. The van der Waals surface area contributed by atoms with Crippen molar-refractivity contribution in [3.63, 3.8) is 0 Å². The summed E-state index contributed by atoms with van der Waals surface area (Å²) in [5.74, 6) is -1.44. The zero-order valence-corrected chi connectivity index (χ0v) is 37.2. The second kappa shape index (κ2) is 39.2. The second-order valence-electron chi connectivity index (χ2n) is 17.4. The van der Waals surface area contributed by atoms with E-state index < -0.39 is 18.1 Å². The zero-order chi connectivity index (χ0) is 40.7. The van der Waals surface area contributed by atoms with Crippen LogP contribution in [-0.2, 0) is 28.6 Å². The number of hydrogen-bond donors (Lipinski definition) is 1. The number of carbonyl (C=O) groups excluding carboxylic acids is 2. The van der Waals surface area contributed by atoms with Gasteiger partial charge in [-0.05, 0) is 12.8 Å². The summed E-state index contributed by atoms with van der Waals surface area (Å²) in [6.45, 7) is 4.77. The van der Waals surface area contributed by atoms with E-state index in [9.17, 15) is 19.5 Å². The van der Waals surface area contributed by atoms with Crippen LogP contribution in [0.3, 0.4) is 0 Å². The lowest BCUT2D eigenvalue weighted by atomic mass is 10.0. The standard InChI is InChI=1S/C47H91NO7/c1-6-8-10-12-14-16-18-19-20-21-22-23-24-25-26-28-30-32-34-36-38-46(50)55-43(41-53-40-39-44(47(51)52)48(3,4)5)42-54-45(49)37-35-33-31-29-27-17-15-13-11-9-7-2/h43-44H,6-42H2,1-5H3/p+1. The molecule has 2 unspecified atom stereocenters. The molecule has 0 heterocycles. The van der Waals surface area contributed by atoms with Gasteiger partial charge in [0.2, 0.25) is 0 Å². The summed E-state index contributed by atoms with van der Waals surface area (Å²) in [5, 5.41) is 9.62. The van der Waals surface area contributed by atoms with E-state index in [0.717, 1.165) is 38.5 Å². The van der Waals surface area contributed by atoms with Crippen LogP contribution in [0.2, 0.25) is 0 Å². The topological polar surface area (TPSA) is 99.1 Å². The van der Waals surface area contributed by atoms with E-state index >= 15 is 0 Å². The first-order chi connectivity index (χ1) is 26.6. The average molecular weight is 783 g/mol. The van der Waals surface area contributed by atoms with Crippen LogP contribution in [0.4, 0.5) is 0 Å². The lowest BCUT2D eigenvalue weighted by Crippen LogP contribution is -2.50. The third kappa shape index (κ3) is 37.7. The number of esters is 2. The third-order valence-electron chi connectivity index (χ3n) is 11.0. The minimum atomic E-state index is -0.870. The fourth-order valence-corrected chi connectivity index (χ4v) is 7.33. The van der Waals surface area contributed by atoms with Crippen LogP contribution in [0.1, 0.15) is 232 Å². The van der Waals surface area contributed by atoms with Crippen molar-refractivity contribution in [2.24, 2.45) is 0 Å². The van der Waals surface area contributed by atoms with Crippen LogP contribution < -0.4 is 0 Å². The van der Waals surface area contributed by atoms with Crippen LogP contribution in [0.5, 0.6) is 0 Å². The van der Waals surface area contributed by atoms with E-state index in [1.54, 1.807) is 0 Å². The molecular formula is C47H92NO7+. The highest BCUT2D eigenvalue weighted by Gasteiger charge is 2.31. The Morgan fingerprint density at radius 3 is 1.13 bits per heavy atom. The predicted octanol–water partition coefficient (Wildman–Crippen LogP) is 12.9. The number of unbranched alkanes of at least 4 members (excludes halogenated alkanes) is 29. The van der Waals surface area contributed by atoms with Crippen molar-refractivity contribution in [3.05, 3.63) is 0 Å². The van der Waals surface area contributed by atoms with E-state index in [0.29, 0.717) is 19.3 Å². The summed E-state index contributed by atoms with van der Waals surface area (Å²) in [7, 11) is 5.54. The molecule has 0 aromatic carbocycles. The minimum Gasteiger partial charge on any atom is -0.477 e. The number of rotatable bonds is 43. The SMILES string of the molecule is CCCCCCCCCCCCCCCCCCCCCCC(=O)OC(COCCC(C(=O)O)[N+](C)(C)C)COC(=O)CCCCCCCCCCCCC. The summed E-state index contributed by atoms with van der Waals surface area (Å²) >= 11 is 0. The smallest absolute Gasteiger partial charge is 0.362 e. The molecule has 8 heteroatoms. The van der Waals surface area contributed by atoms with Gasteiger partial charge in [0.1, 0.15) is 6.61 Å². The number of hydrogen-bond acceptors (Lipinski definition) is 6. The van der Waals surface area contributed by atoms with Crippen LogP contribution in [0.15, 0.2) is 0 Å². The Morgan fingerprint density at radius 2 is 0.800 bits per heavy atom. The molecule has 55 heavy (non-hydrogen) atoms. The van der Waals surface area contributed by atoms with Gasteiger partial charge < -0.3 is 23.8 Å². The molecule has 0 rings (SSSR count). The van der Waals surface area contributed by atoms with Gasteiger partial charge in [0.15, 0.2) is 12.1 Å². The van der Waals surface area contributed by atoms with E-state index in [4.69, 9.17) is 14.2 Å². The summed E-state index contributed by atoms with van der Waals surface area (Å²) in [4.78, 5) is 37.0. The zero-order valence-electron chi connectivity index (χ0n) is 37.2. The van der Waals surface area contributed by atoms with Gasteiger partial charge in [-0.1, -0.05) is 200 Å². The van der Waals surface area contributed by atoms with Crippen LogP contribution in [0.25, 0.3) is 0 Å². The first-order valence-corrected chi connectivity index (χ1v) is 23.6. The fraction of sp³-hybridized carbons (Fsp3) is 0.936. The second-order valence-corrected chi connectivity index (χ2v) is 17.4. The quantitative estimate of drug-likeness (QED) is 0.0373. The highest BCUT2D eigenvalue weighted by molar-refractivity contribution is 5.72. The van der Waals surface area contributed by atoms with Crippen molar-refractivity contribution in [2.45, 2.75) is 244 Å². The molecule has 0 spiro atoms. The number of aliphatic carboxylic acids is 1. The van der Waals surface area contributed by atoms with Gasteiger partial charge in [0, 0.05) is 19.3 Å². The van der Waals surface area contributed by atoms with Crippen molar-refractivity contribution in [3.8, 4) is 0 Å². The number of nitrogens with zero attached hydrogens (tertiary/aromatic N) is 1. The maximum absolute atomic E-state index is 12.7. The first kappa shape index (κ1) is 53.3. The lowest BCUT2D eigenvalue weighted by Gasteiger charge is -2.31. The van der Waals surface area contributed by atoms with Crippen LogP contribution in [0, 0.1) is 0 Å². The Balaban J connectivity index is 4.20. The van der Waals surface area contributed by atoms with Gasteiger partial charge in [0.25, 0.3) is 0 Å². The minimum absolute atomic E-state index is 0.0421. The molecule has 0 fully saturated rings. The van der Waals surface area contributed by atoms with Crippen molar-refractivity contribution in [2.75, 3.05) is 41.0 Å². The van der Waals surface area contributed by atoms with E-state index in [1.807, 2.05) is 21.1 Å². The van der Waals surface area contributed by atoms with Crippen molar-refractivity contribution in [1.29, 1.82) is 0 Å². The highest BCUT2D eigenvalue weighted by atomic mass is 16.6. The molecule has 0 bridgehead atoms. The normalized spacial score (nSPS) is 12.8. The van der Waals surface area contributed by atoms with E-state index in [-0.39, 0.29) is 36.2 Å². The van der Waals surface area contributed by atoms with Crippen molar-refractivity contribution < 1.29 is 38.2 Å². The number of carbonyl (C=O) groups is 3. The fourth-order valence-electron chi connectivity index (χ4n) is 7.33. The summed E-state index contributed by atoms with van der Waals surface area (Å²) in [6.07, 6.45) is 40.0. The maximum atomic E-state index is 12.7. The lowest BCUT2D eigenvalue weighted by molar-refractivity contribution is -0.887. The van der Waals surface area contributed by atoms with Crippen LogP contribution in [-0.4, -0.2) is 80.6 Å². The Labute approximate surface area is 340 Å². The van der Waals surface area contributed by atoms with Gasteiger partial charge >= 0.3 is 17.9 Å². The number of likely N-dealkylation sites (N-methyl/N-ethyl adjacent to an activating group) is 1. The number of carboxylic acid groups (broad SMARTS) is 1. The summed E-state index contributed by atoms with van der Waals surface area (Å²) in [5.41, 5.74) is 0. The molecule has 0 aromatic rings. The van der Waals surface area contributed by atoms with E-state index in [1.165, 1.54) is 161 Å². The number of quaternary nitrogens is 1. The highest BCUT2D eigenvalue weighted by Crippen LogP contribution is 2.16. The molecule has 0 radical (unpaired) electrons. The van der Waals surface area contributed by atoms with Gasteiger partial charge in [-0.25, -0.2) is 4.79 Å². The van der Waals surface area contributed by atoms with Crippen LogP contribution >= 0.6 is 0 Å². The first-order valence-electron chi connectivity index (χ1n) is 23.6. The van der Waals surface area contributed by atoms with Gasteiger partial charge in [-0.15, -0.1) is 0 Å².